The lowest BCUT2D eigenvalue weighted by atomic mass is 9.99. The van der Waals surface area contributed by atoms with E-state index in [2.05, 4.69) is 24.5 Å². The second kappa shape index (κ2) is 9.23. The monoisotopic (exact) mass is 304 g/mol. The fourth-order valence-corrected chi connectivity index (χ4v) is 2.33. The van der Waals surface area contributed by atoms with Crippen LogP contribution in [0.2, 0.25) is 0 Å². The molecule has 2 amide bonds. The van der Waals surface area contributed by atoms with Gasteiger partial charge in [0, 0.05) is 12.2 Å². The van der Waals surface area contributed by atoms with E-state index in [0.717, 1.165) is 36.8 Å². The average molecular weight is 304 g/mol. The van der Waals surface area contributed by atoms with Crippen LogP contribution >= 0.6 is 0 Å². The number of aryl methyl sites for hydroxylation is 1. The van der Waals surface area contributed by atoms with Crippen LogP contribution < -0.4 is 10.6 Å². The van der Waals surface area contributed by atoms with Gasteiger partial charge in [0.05, 0.1) is 0 Å². The zero-order valence-electron chi connectivity index (χ0n) is 14.2. The van der Waals surface area contributed by atoms with E-state index < -0.39 is 11.8 Å². The smallest absolute Gasteiger partial charge is 0.313 e. The first kappa shape index (κ1) is 18.2. The fourth-order valence-electron chi connectivity index (χ4n) is 2.33. The van der Waals surface area contributed by atoms with Gasteiger partial charge in [0.15, 0.2) is 0 Å². The Hall–Kier alpha value is -1.84. The predicted molar refractivity (Wildman–Crippen MR) is 90.9 cm³/mol. The van der Waals surface area contributed by atoms with Crippen LogP contribution in [0.25, 0.3) is 0 Å². The van der Waals surface area contributed by atoms with Gasteiger partial charge in [-0.1, -0.05) is 45.2 Å². The van der Waals surface area contributed by atoms with Gasteiger partial charge in [-0.2, -0.15) is 0 Å². The summed E-state index contributed by atoms with van der Waals surface area (Å²) in [6, 6.07) is 5.65. The van der Waals surface area contributed by atoms with Crippen molar-refractivity contribution >= 4 is 17.5 Å². The van der Waals surface area contributed by atoms with Gasteiger partial charge >= 0.3 is 11.8 Å². The third kappa shape index (κ3) is 5.51. The summed E-state index contributed by atoms with van der Waals surface area (Å²) in [5.74, 6) is -0.715. The van der Waals surface area contributed by atoms with E-state index in [1.807, 2.05) is 32.0 Å². The number of rotatable bonds is 7. The highest BCUT2D eigenvalue weighted by molar-refractivity contribution is 6.39. The average Bonchev–Trinajstić information content (AvgIpc) is 2.51. The Balaban J connectivity index is 2.51. The number of hydrogen-bond acceptors (Lipinski definition) is 2. The summed E-state index contributed by atoms with van der Waals surface area (Å²) in [5.41, 5.74) is 2.76. The van der Waals surface area contributed by atoms with Crippen molar-refractivity contribution in [1.29, 1.82) is 0 Å². The molecule has 0 fully saturated rings. The Morgan fingerprint density at radius 3 is 2.50 bits per heavy atom. The van der Waals surface area contributed by atoms with Crippen molar-refractivity contribution in [2.45, 2.75) is 53.4 Å². The molecule has 0 aliphatic rings. The standard InChI is InChI=1S/C18H28N2O2/c1-5-7-10-15(6-2)12-19-17(21)18(22)20-16-11-8-9-13(3)14(16)4/h8-9,11,15H,5-7,10,12H2,1-4H3,(H,19,21)(H,20,22)/t15-/m1/s1. The largest absolute Gasteiger partial charge is 0.348 e. The predicted octanol–water partition coefficient (Wildman–Crippen LogP) is 3.57. The number of carbonyl (C=O) groups excluding carboxylic acids is 2. The maximum Gasteiger partial charge on any atom is 0.313 e. The summed E-state index contributed by atoms with van der Waals surface area (Å²) in [4.78, 5) is 23.9. The van der Waals surface area contributed by atoms with Crippen molar-refractivity contribution in [1.82, 2.24) is 5.32 Å². The van der Waals surface area contributed by atoms with E-state index in [4.69, 9.17) is 0 Å². The van der Waals surface area contributed by atoms with Crippen molar-refractivity contribution < 1.29 is 9.59 Å². The molecule has 1 rings (SSSR count). The molecule has 1 aromatic rings. The number of amides is 2. The minimum absolute atomic E-state index is 0.442. The zero-order chi connectivity index (χ0) is 16.5. The Morgan fingerprint density at radius 2 is 1.86 bits per heavy atom. The molecule has 1 atom stereocenters. The molecule has 4 nitrogen and oxygen atoms in total. The molecule has 0 aliphatic heterocycles. The van der Waals surface area contributed by atoms with Gasteiger partial charge in [0.1, 0.15) is 0 Å². The summed E-state index contributed by atoms with van der Waals surface area (Å²) in [6.07, 6.45) is 4.41. The van der Waals surface area contributed by atoms with Crippen molar-refractivity contribution in [3.8, 4) is 0 Å². The lowest BCUT2D eigenvalue weighted by molar-refractivity contribution is -0.136. The van der Waals surface area contributed by atoms with Crippen LogP contribution in [0.1, 0.15) is 50.7 Å². The molecule has 0 saturated carbocycles. The van der Waals surface area contributed by atoms with E-state index >= 15 is 0 Å². The van der Waals surface area contributed by atoms with Crippen LogP contribution in [0.3, 0.4) is 0 Å². The van der Waals surface area contributed by atoms with Gasteiger partial charge in [0.2, 0.25) is 0 Å². The maximum absolute atomic E-state index is 12.0. The Labute approximate surface area is 133 Å². The lowest BCUT2D eigenvalue weighted by Crippen LogP contribution is -2.38. The van der Waals surface area contributed by atoms with Crippen LogP contribution in [-0.4, -0.2) is 18.4 Å². The molecular weight excluding hydrogens is 276 g/mol. The Morgan fingerprint density at radius 1 is 1.14 bits per heavy atom. The van der Waals surface area contributed by atoms with Gasteiger partial charge in [-0.3, -0.25) is 9.59 Å². The summed E-state index contributed by atoms with van der Waals surface area (Å²) in [7, 11) is 0. The number of unbranched alkanes of at least 4 members (excludes halogenated alkanes) is 1. The molecule has 4 heteroatoms. The minimum Gasteiger partial charge on any atom is -0.348 e. The molecule has 1 aromatic carbocycles. The van der Waals surface area contributed by atoms with Crippen LogP contribution in [0, 0.1) is 19.8 Å². The highest BCUT2D eigenvalue weighted by Crippen LogP contribution is 2.17. The molecule has 0 radical (unpaired) electrons. The van der Waals surface area contributed by atoms with Gasteiger partial charge in [-0.25, -0.2) is 0 Å². The molecule has 0 aliphatic carbocycles. The van der Waals surface area contributed by atoms with E-state index in [-0.39, 0.29) is 0 Å². The number of carbonyl (C=O) groups is 2. The molecule has 0 heterocycles. The van der Waals surface area contributed by atoms with E-state index in [1.165, 1.54) is 0 Å². The molecule has 0 saturated heterocycles. The molecule has 0 bridgehead atoms. The quantitative estimate of drug-likeness (QED) is 0.757. The molecule has 0 unspecified atom stereocenters. The lowest BCUT2D eigenvalue weighted by Gasteiger charge is -2.15. The summed E-state index contributed by atoms with van der Waals surface area (Å²) < 4.78 is 0. The minimum atomic E-state index is -0.598. The van der Waals surface area contributed by atoms with Crippen LogP contribution in [0.5, 0.6) is 0 Å². The number of anilines is 1. The SMILES string of the molecule is CCCC[C@@H](CC)CNC(=O)C(=O)Nc1cccc(C)c1C. The van der Waals surface area contributed by atoms with Crippen LogP contribution in [0.15, 0.2) is 18.2 Å². The molecule has 122 valence electrons. The topological polar surface area (TPSA) is 58.2 Å². The Kier molecular flexibility index (Phi) is 7.64. The fraction of sp³-hybridized carbons (Fsp3) is 0.556. The van der Waals surface area contributed by atoms with Gasteiger partial charge in [-0.15, -0.1) is 0 Å². The van der Waals surface area contributed by atoms with Crippen molar-refractivity contribution in [3.05, 3.63) is 29.3 Å². The molecule has 0 aromatic heterocycles. The van der Waals surface area contributed by atoms with Crippen LogP contribution in [0.4, 0.5) is 5.69 Å². The first-order chi connectivity index (χ1) is 10.5. The summed E-state index contributed by atoms with van der Waals surface area (Å²) in [5, 5.41) is 5.43. The second-order valence-corrected chi connectivity index (χ2v) is 5.83. The van der Waals surface area contributed by atoms with E-state index in [0.29, 0.717) is 18.2 Å². The van der Waals surface area contributed by atoms with Crippen molar-refractivity contribution in [2.75, 3.05) is 11.9 Å². The number of benzene rings is 1. The Bertz CT molecular complexity index is 512. The van der Waals surface area contributed by atoms with Crippen molar-refractivity contribution in [3.63, 3.8) is 0 Å². The van der Waals surface area contributed by atoms with E-state index in [1.54, 1.807) is 0 Å². The third-order valence-corrected chi connectivity index (χ3v) is 4.15. The van der Waals surface area contributed by atoms with E-state index in [9.17, 15) is 9.59 Å². The zero-order valence-corrected chi connectivity index (χ0v) is 14.2. The summed E-state index contributed by atoms with van der Waals surface area (Å²) in [6.45, 7) is 8.74. The second-order valence-electron chi connectivity index (χ2n) is 5.83. The molecule has 22 heavy (non-hydrogen) atoms. The molecule has 2 N–H and O–H groups in total. The first-order valence-corrected chi connectivity index (χ1v) is 8.14. The van der Waals surface area contributed by atoms with Gasteiger partial charge < -0.3 is 10.6 Å². The summed E-state index contributed by atoms with van der Waals surface area (Å²) >= 11 is 0. The number of nitrogens with one attached hydrogen (secondary N) is 2. The maximum atomic E-state index is 12.0. The molecule has 0 spiro atoms. The van der Waals surface area contributed by atoms with Crippen LogP contribution in [-0.2, 0) is 9.59 Å². The highest BCUT2D eigenvalue weighted by Gasteiger charge is 2.16. The first-order valence-electron chi connectivity index (χ1n) is 8.14. The van der Waals surface area contributed by atoms with Crippen molar-refractivity contribution in [2.24, 2.45) is 5.92 Å². The molecular formula is C18H28N2O2. The highest BCUT2D eigenvalue weighted by atomic mass is 16.2. The van der Waals surface area contributed by atoms with Gasteiger partial charge in [0.25, 0.3) is 0 Å². The number of hydrogen-bond donors (Lipinski definition) is 2. The normalized spacial score (nSPS) is 11.8. The van der Waals surface area contributed by atoms with Gasteiger partial charge in [-0.05, 0) is 43.4 Å². The third-order valence-electron chi connectivity index (χ3n) is 4.15.